The zero-order valence-electron chi connectivity index (χ0n) is 11.6. The Morgan fingerprint density at radius 2 is 2.20 bits per heavy atom. The zero-order valence-corrected chi connectivity index (χ0v) is 12.4. The summed E-state index contributed by atoms with van der Waals surface area (Å²) in [7, 11) is 0. The molecule has 106 valence electrons. The second-order valence-corrected chi connectivity index (χ2v) is 6.85. The quantitative estimate of drug-likeness (QED) is 0.909. The average Bonchev–Trinajstić information content (AvgIpc) is 2.79. The lowest BCUT2D eigenvalue weighted by molar-refractivity contribution is -0.128. The van der Waals surface area contributed by atoms with Crippen molar-refractivity contribution in [2.45, 2.75) is 31.8 Å². The van der Waals surface area contributed by atoms with Gasteiger partial charge >= 0.3 is 0 Å². The summed E-state index contributed by atoms with van der Waals surface area (Å²) in [6, 6.07) is 10.1. The van der Waals surface area contributed by atoms with Crippen LogP contribution in [0.15, 0.2) is 30.3 Å². The number of rotatable bonds is 4. The summed E-state index contributed by atoms with van der Waals surface area (Å²) < 4.78 is 1.16. The van der Waals surface area contributed by atoms with Gasteiger partial charge in [-0.2, -0.15) is 0 Å². The van der Waals surface area contributed by atoms with Gasteiger partial charge in [0.1, 0.15) is 5.60 Å². The highest BCUT2D eigenvalue weighted by atomic mass is 32.1. The van der Waals surface area contributed by atoms with Crippen LogP contribution in [-0.2, 0) is 10.4 Å². The molecular weight excluding hydrogens is 270 g/mol. The van der Waals surface area contributed by atoms with Crippen molar-refractivity contribution in [2.75, 3.05) is 6.54 Å². The van der Waals surface area contributed by atoms with E-state index in [9.17, 15) is 9.90 Å². The van der Waals surface area contributed by atoms with Crippen LogP contribution in [0, 0.1) is 5.92 Å². The Bertz CT molecular complexity index is 595. The predicted octanol–water partition coefficient (Wildman–Crippen LogP) is 3.03. The van der Waals surface area contributed by atoms with Crippen LogP contribution in [0.4, 0.5) is 0 Å². The minimum absolute atomic E-state index is 0.0811. The van der Waals surface area contributed by atoms with Crippen LogP contribution in [0.25, 0.3) is 10.1 Å². The van der Waals surface area contributed by atoms with E-state index in [1.54, 1.807) is 18.3 Å². The molecule has 0 saturated heterocycles. The molecule has 3 rings (SSSR count). The van der Waals surface area contributed by atoms with Crippen LogP contribution in [0.3, 0.4) is 0 Å². The first-order valence-corrected chi connectivity index (χ1v) is 7.87. The molecule has 1 unspecified atom stereocenters. The summed E-state index contributed by atoms with van der Waals surface area (Å²) >= 11 is 1.58. The molecule has 2 aromatic rings. The van der Waals surface area contributed by atoms with Gasteiger partial charge in [0.25, 0.3) is 0 Å². The van der Waals surface area contributed by atoms with Gasteiger partial charge in [-0.3, -0.25) is 4.79 Å². The fourth-order valence-corrected chi connectivity index (χ4v) is 3.51. The van der Waals surface area contributed by atoms with Gasteiger partial charge in [0.15, 0.2) is 0 Å². The Labute approximate surface area is 122 Å². The third-order valence-electron chi connectivity index (χ3n) is 4.04. The van der Waals surface area contributed by atoms with Crippen LogP contribution in [0.2, 0.25) is 0 Å². The second kappa shape index (κ2) is 5.19. The fourth-order valence-electron chi connectivity index (χ4n) is 2.41. The minimum Gasteiger partial charge on any atom is -0.383 e. The molecule has 1 atom stereocenters. The SMILES string of the molecule is CC(O)(CNC(=O)C1CCC1)c1cc2ccccc2s1. The molecule has 1 aliphatic carbocycles. The summed E-state index contributed by atoms with van der Waals surface area (Å²) in [5, 5.41) is 14.6. The van der Waals surface area contributed by atoms with E-state index in [0.717, 1.165) is 34.2 Å². The maximum absolute atomic E-state index is 11.9. The Morgan fingerprint density at radius 3 is 2.85 bits per heavy atom. The molecule has 1 aromatic carbocycles. The van der Waals surface area contributed by atoms with Crippen molar-refractivity contribution < 1.29 is 9.90 Å². The van der Waals surface area contributed by atoms with Crippen molar-refractivity contribution in [1.29, 1.82) is 0 Å². The number of thiophene rings is 1. The normalized spacial score (nSPS) is 18.5. The van der Waals surface area contributed by atoms with E-state index < -0.39 is 5.60 Å². The molecule has 0 aliphatic heterocycles. The van der Waals surface area contributed by atoms with E-state index in [1.807, 2.05) is 30.3 Å². The summed E-state index contributed by atoms with van der Waals surface area (Å²) in [5.41, 5.74) is -1.01. The van der Waals surface area contributed by atoms with E-state index in [-0.39, 0.29) is 18.4 Å². The lowest BCUT2D eigenvalue weighted by Gasteiger charge is -2.27. The van der Waals surface area contributed by atoms with Gasteiger partial charge < -0.3 is 10.4 Å². The molecule has 1 saturated carbocycles. The van der Waals surface area contributed by atoms with Crippen LogP contribution in [0.5, 0.6) is 0 Å². The number of hydrogen-bond donors (Lipinski definition) is 2. The van der Waals surface area contributed by atoms with Crippen molar-refractivity contribution in [1.82, 2.24) is 5.32 Å². The molecule has 0 spiro atoms. The Balaban J connectivity index is 1.71. The van der Waals surface area contributed by atoms with Gasteiger partial charge in [-0.25, -0.2) is 0 Å². The maximum atomic E-state index is 11.9. The van der Waals surface area contributed by atoms with Crippen molar-refractivity contribution >= 4 is 27.3 Å². The highest BCUT2D eigenvalue weighted by molar-refractivity contribution is 7.19. The van der Waals surface area contributed by atoms with E-state index in [2.05, 4.69) is 5.32 Å². The first-order chi connectivity index (χ1) is 9.56. The van der Waals surface area contributed by atoms with Crippen molar-refractivity contribution in [3.8, 4) is 0 Å². The number of benzene rings is 1. The molecule has 0 radical (unpaired) electrons. The molecule has 1 aromatic heterocycles. The molecule has 2 N–H and O–H groups in total. The maximum Gasteiger partial charge on any atom is 0.223 e. The third kappa shape index (κ3) is 2.58. The molecule has 1 aliphatic rings. The number of fused-ring (bicyclic) bond motifs is 1. The first kappa shape index (κ1) is 13.6. The van der Waals surface area contributed by atoms with E-state index in [0.29, 0.717) is 0 Å². The Kier molecular flexibility index (Phi) is 3.52. The van der Waals surface area contributed by atoms with Crippen LogP contribution >= 0.6 is 11.3 Å². The Morgan fingerprint density at radius 1 is 1.45 bits per heavy atom. The molecule has 3 nitrogen and oxygen atoms in total. The van der Waals surface area contributed by atoms with E-state index in [4.69, 9.17) is 0 Å². The summed E-state index contributed by atoms with van der Waals surface area (Å²) in [4.78, 5) is 12.8. The summed E-state index contributed by atoms with van der Waals surface area (Å²) in [6.07, 6.45) is 3.11. The Hall–Kier alpha value is -1.39. The highest BCUT2D eigenvalue weighted by Crippen LogP contribution is 2.33. The van der Waals surface area contributed by atoms with Gasteiger partial charge in [0, 0.05) is 15.5 Å². The lowest BCUT2D eigenvalue weighted by Crippen LogP contribution is -2.42. The molecule has 20 heavy (non-hydrogen) atoms. The molecule has 1 amide bonds. The predicted molar refractivity (Wildman–Crippen MR) is 81.7 cm³/mol. The average molecular weight is 289 g/mol. The smallest absolute Gasteiger partial charge is 0.223 e. The number of carbonyl (C=O) groups excluding carboxylic acids is 1. The van der Waals surface area contributed by atoms with Gasteiger partial charge in [-0.05, 0) is 37.3 Å². The van der Waals surface area contributed by atoms with E-state index >= 15 is 0 Å². The molecule has 0 bridgehead atoms. The van der Waals surface area contributed by atoms with Crippen LogP contribution < -0.4 is 5.32 Å². The van der Waals surface area contributed by atoms with Crippen molar-refractivity contribution in [3.63, 3.8) is 0 Å². The van der Waals surface area contributed by atoms with Gasteiger partial charge in [-0.15, -0.1) is 11.3 Å². The summed E-state index contributed by atoms with van der Waals surface area (Å²) in [6.45, 7) is 2.04. The standard InChI is InChI=1S/C16H19NO2S/c1-16(19,10-17-15(18)11-6-4-7-11)14-9-12-5-2-3-8-13(12)20-14/h2-3,5,8-9,11,19H,4,6-7,10H2,1H3,(H,17,18). The second-order valence-electron chi connectivity index (χ2n) is 5.77. The largest absolute Gasteiger partial charge is 0.383 e. The van der Waals surface area contributed by atoms with Crippen molar-refractivity contribution in [2.24, 2.45) is 5.92 Å². The summed E-state index contributed by atoms with van der Waals surface area (Å²) in [5.74, 6) is 0.242. The van der Waals surface area contributed by atoms with Crippen molar-refractivity contribution in [3.05, 3.63) is 35.2 Å². The molecule has 1 heterocycles. The molecule has 1 fully saturated rings. The number of hydrogen-bond acceptors (Lipinski definition) is 3. The highest BCUT2D eigenvalue weighted by Gasteiger charge is 2.29. The number of aliphatic hydroxyl groups is 1. The van der Waals surface area contributed by atoms with Gasteiger partial charge in [0.2, 0.25) is 5.91 Å². The van der Waals surface area contributed by atoms with E-state index in [1.165, 1.54) is 0 Å². The van der Waals surface area contributed by atoms with Crippen LogP contribution in [0.1, 0.15) is 31.1 Å². The fraction of sp³-hybridized carbons (Fsp3) is 0.438. The molecule has 4 heteroatoms. The number of amides is 1. The topological polar surface area (TPSA) is 49.3 Å². The van der Waals surface area contributed by atoms with Crippen LogP contribution in [-0.4, -0.2) is 17.6 Å². The van der Waals surface area contributed by atoms with Gasteiger partial charge in [0.05, 0.1) is 6.54 Å². The monoisotopic (exact) mass is 289 g/mol. The zero-order chi connectivity index (χ0) is 14.2. The number of carbonyl (C=O) groups is 1. The molecular formula is C16H19NO2S. The minimum atomic E-state index is -1.01. The third-order valence-corrected chi connectivity index (χ3v) is 5.41. The van der Waals surface area contributed by atoms with Gasteiger partial charge in [-0.1, -0.05) is 24.6 Å². The number of nitrogens with one attached hydrogen (secondary N) is 1. The first-order valence-electron chi connectivity index (χ1n) is 7.05. The lowest BCUT2D eigenvalue weighted by atomic mass is 9.84.